The Morgan fingerprint density at radius 1 is 1.35 bits per heavy atom. The van der Waals surface area contributed by atoms with E-state index in [0.29, 0.717) is 5.92 Å². The van der Waals surface area contributed by atoms with Crippen LogP contribution >= 0.6 is 22.6 Å². The molecule has 4 heteroatoms. The fraction of sp³-hybridized carbons (Fsp3) is 0.692. The number of aryl methyl sites for hydroxylation is 1. The van der Waals surface area contributed by atoms with Gasteiger partial charge in [0.05, 0.1) is 9.26 Å². The summed E-state index contributed by atoms with van der Waals surface area (Å²) in [6.07, 6.45) is 5.14. The minimum Gasteiger partial charge on any atom is -0.372 e. The number of nitrogens with one attached hydrogen (secondary N) is 1. The van der Waals surface area contributed by atoms with E-state index >= 15 is 0 Å². The number of aromatic nitrogens is 2. The fourth-order valence-electron chi connectivity index (χ4n) is 2.61. The van der Waals surface area contributed by atoms with Crippen LogP contribution in [0.2, 0.25) is 0 Å². The minimum absolute atomic E-state index is 0.572. The summed E-state index contributed by atoms with van der Waals surface area (Å²) in [5, 5.41) is 3.17. The summed E-state index contributed by atoms with van der Waals surface area (Å²) in [6, 6.07) is 0. The Morgan fingerprint density at radius 2 is 2.12 bits per heavy atom. The lowest BCUT2D eigenvalue weighted by atomic mass is 10.0. The van der Waals surface area contributed by atoms with Crippen LogP contribution in [0, 0.1) is 16.4 Å². The Hall–Kier alpha value is -0.390. The van der Waals surface area contributed by atoms with Crippen LogP contribution in [0.4, 0.5) is 5.82 Å². The molecule has 17 heavy (non-hydrogen) atoms. The van der Waals surface area contributed by atoms with Crippen molar-refractivity contribution in [1.82, 2.24) is 9.97 Å². The van der Waals surface area contributed by atoms with Crippen LogP contribution in [0.3, 0.4) is 0 Å². The van der Waals surface area contributed by atoms with Gasteiger partial charge in [-0.1, -0.05) is 13.3 Å². The Balaban J connectivity index is 2.25. The zero-order valence-electron chi connectivity index (χ0n) is 10.8. The van der Waals surface area contributed by atoms with Gasteiger partial charge in [0.15, 0.2) is 0 Å². The van der Waals surface area contributed by atoms with Gasteiger partial charge in [-0.15, -0.1) is 0 Å². The van der Waals surface area contributed by atoms with Gasteiger partial charge in [0.1, 0.15) is 11.6 Å². The number of nitrogens with zero attached hydrogens (tertiary/aromatic N) is 2. The first-order valence-electron chi connectivity index (χ1n) is 6.37. The van der Waals surface area contributed by atoms with Gasteiger partial charge in [-0.2, -0.15) is 0 Å². The van der Waals surface area contributed by atoms with Crippen LogP contribution in [-0.2, 0) is 0 Å². The Kier molecular flexibility index (Phi) is 4.22. The van der Waals surface area contributed by atoms with Crippen molar-refractivity contribution < 1.29 is 0 Å². The van der Waals surface area contributed by atoms with Gasteiger partial charge in [0.25, 0.3) is 0 Å². The molecule has 1 aliphatic rings. The molecule has 0 spiro atoms. The minimum atomic E-state index is 0.572. The van der Waals surface area contributed by atoms with Crippen molar-refractivity contribution in [3.63, 3.8) is 0 Å². The van der Waals surface area contributed by atoms with Crippen molar-refractivity contribution in [2.75, 3.05) is 12.4 Å². The van der Waals surface area contributed by atoms with Gasteiger partial charge in [-0.05, 0) is 54.7 Å². The molecule has 1 aliphatic carbocycles. The zero-order chi connectivity index (χ0) is 12.4. The Labute approximate surface area is 117 Å². The first kappa shape index (κ1) is 13.1. The average molecular weight is 345 g/mol. The van der Waals surface area contributed by atoms with Crippen molar-refractivity contribution >= 4 is 28.4 Å². The summed E-state index contributed by atoms with van der Waals surface area (Å²) >= 11 is 2.31. The van der Waals surface area contributed by atoms with E-state index in [1.165, 1.54) is 25.7 Å². The molecule has 2 rings (SSSR count). The van der Waals surface area contributed by atoms with E-state index in [0.717, 1.165) is 26.8 Å². The Morgan fingerprint density at radius 3 is 2.71 bits per heavy atom. The molecule has 1 aromatic rings. The van der Waals surface area contributed by atoms with Crippen LogP contribution < -0.4 is 5.32 Å². The molecule has 1 saturated carbocycles. The van der Waals surface area contributed by atoms with Crippen molar-refractivity contribution in [3.8, 4) is 0 Å². The van der Waals surface area contributed by atoms with Crippen LogP contribution in [0.15, 0.2) is 0 Å². The highest BCUT2D eigenvalue weighted by Gasteiger charge is 2.27. The molecule has 0 bridgehead atoms. The molecule has 2 atom stereocenters. The van der Waals surface area contributed by atoms with Crippen LogP contribution in [-0.4, -0.2) is 17.0 Å². The molecule has 1 N–H and O–H groups in total. The van der Waals surface area contributed by atoms with Crippen molar-refractivity contribution in [2.24, 2.45) is 5.92 Å². The van der Waals surface area contributed by atoms with Gasteiger partial charge < -0.3 is 5.32 Å². The third-order valence-corrected chi connectivity index (χ3v) is 5.05. The molecular weight excluding hydrogens is 325 g/mol. The highest BCUT2D eigenvalue weighted by atomic mass is 127. The standard InChI is InChI=1S/C13H20IN3/c1-4-9-5-6-10(7-9)12-16-8(2)11(14)13(15-3)17-12/h9-10H,4-7H2,1-3H3,(H,15,16,17). The molecule has 94 valence electrons. The maximum Gasteiger partial charge on any atom is 0.143 e. The van der Waals surface area contributed by atoms with E-state index in [9.17, 15) is 0 Å². The second-order valence-corrected chi connectivity index (χ2v) is 5.94. The van der Waals surface area contributed by atoms with E-state index in [1.54, 1.807) is 0 Å². The van der Waals surface area contributed by atoms with Gasteiger partial charge in [0, 0.05) is 13.0 Å². The summed E-state index contributed by atoms with van der Waals surface area (Å²) in [4.78, 5) is 9.35. The van der Waals surface area contributed by atoms with Crippen molar-refractivity contribution in [2.45, 2.75) is 45.4 Å². The van der Waals surface area contributed by atoms with E-state index in [-0.39, 0.29) is 0 Å². The van der Waals surface area contributed by atoms with Crippen LogP contribution in [0.1, 0.15) is 50.0 Å². The summed E-state index contributed by atoms with van der Waals surface area (Å²) < 4.78 is 1.14. The first-order valence-corrected chi connectivity index (χ1v) is 7.45. The number of hydrogen-bond donors (Lipinski definition) is 1. The first-order chi connectivity index (χ1) is 8.15. The number of anilines is 1. The van der Waals surface area contributed by atoms with E-state index in [1.807, 2.05) is 7.05 Å². The molecule has 1 aromatic heterocycles. The molecule has 2 unspecified atom stereocenters. The number of halogens is 1. The molecular formula is C13H20IN3. The van der Waals surface area contributed by atoms with Crippen LogP contribution in [0.25, 0.3) is 0 Å². The van der Waals surface area contributed by atoms with Gasteiger partial charge >= 0.3 is 0 Å². The smallest absolute Gasteiger partial charge is 0.143 e. The van der Waals surface area contributed by atoms with Gasteiger partial charge in [-0.25, -0.2) is 9.97 Å². The van der Waals surface area contributed by atoms with Gasteiger partial charge in [0.2, 0.25) is 0 Å². The normalized spacial score (nSPS) is 24.0. The predicted octanol–water partition coefficient (Wildman–Crippen LogP) is 3.73. The summed E-state index contributed by atoms with van der Waals surface area (Å²) in [5.41, 5.74) is 1.10. The molecule has 3 nitrogen and oxygen atoms in total. The second-order valence-electron chi connectivity index (χ2n) is 4.86. The molecule has 1 fully saturated rings. The second kappa shape index (κ2) is 5.50. The molecule has 0 aliphatic heterocycles. The zero-order valence-corrected chi connectivity index (χ0v) is 12.9. The van der Waals surface area contributed by atoms with Crippen molar-refractivity contribution in [3.05, 3.63) is 15.1 Å². The lowest BCUT2D eigenvalue weighted by Gasteiger charge is -2.13. The summed E-state index contributed by atoms with van der Waals surface area (Å²) in [7, 11) is 1.93. The summed E-state index contributed by atoms with van der Waals surface area (Å²) in [5.74, 6) is 3.47. The fourth-order valence-corrected chi connectivity index (χ4v) is 3.12. The summed E-state index contributed by atoms with van der Waals surface area (Å²) in [6.45, 7) is 4.35. The van der Waals surface area contributed by atoms with E-state index in [2.05, 4.69) is 51.7 Å². The highest BCUT2D eigenvalue weighted by Crippen LogP contribution is 2.39. The lowest BCUT2D eigenvalue weighted by Crippen LogP contribution is -2.08. The molecule has 1 heterocycles. The van der Waals surface area contributed by atoms with Crippen molar-refractivity contribution in [1.29, 1.82) is 0 Å². The van der Waals surface area contributed by atoms with E-state index < -0.39 is 0 Å². The number of rotatable bonds is 3. The Bertz CT molecular complexity index is 406. The lowest BCUT2D eigenvalue weighted by molar-refractivity contribution is 0.516. The molecule has 0 amide bonds. The predicted molar refractivity (Wildman–Crippen MR) is 79.4 cm³/mol. The van der Waals surface area contributed by atoms with Gasteiger partial charge in [-0.3, -0.25) is 0 Å². The maximum atomic E-state index is 4.67. The maximum absolute atomic E-state index is 4.67. The average Bonchev–Trinajstić information content (AvgIpc) is 2.81. The highest BCUT2D eigenvalue weighted by molar-refractivity contribution is 14.1. The third-order valence-electron chi connectivity index (χ3n) is 3.75. The monoisotopic (exact) mass is 345 g/mol. The molecule has 0 radical (unpaired) electrons. The molecule has 0 aromatic carbocycles. The topological polar surface area (TPSA) is 37.8 Å². The SMILES string of the molecule is CCC1CCC(c2nc(C)c(I)c(NC)n2)C1. The largest absolute Gasteiger partial charge is 0.372 e. The molecule has 0 saturated heterocycles. The van der Waals surface area contributed by atoms with E-state index in [4.69, 9.17) is 0 Å². The third kappa shape index (κ3) is 2.72. The van der Waals surface area contributed by atoms with Crippen LogP contribution in [0.5, 0.6) is 0 Å². The number of hydrogen-bond acceptors (Lipinski definition) is 3. The quantitative estimate of drug-likeness (QED) is 0.849.